The standard InChI is InChI=1S/C24H23FN2O5/c1-29-21-9-8-17(12-23(21)30-2)20-13-19(32-26-20)15-27(24(28)22-7-4-10-31-22)14-16-5-3-6-18(25)11-16/h3-12,19H,13-15H2,1-2H3. The Bertz CT molecular complexity index is 1110. The third kappa shape index (κ3) is 4.74. The number of furan rings is 1. The Balaban J connectivity index is 1.49. The minimum Gasteiger partial charge on any atom is -0.493 e. The Hall–Kier alpha value is -3.81. The first-order valence-electron chi connectivity index (χ1n) is 10.1. The number of ether oxygens (including phenoxy) is 2. The molecule has 0 saturated heterocycles. The van der Waals surface area contributed by atoms with E-state index >= 15 is 0 Å². The van der Waals surface area contributed by atoms with Crippen LogP contribution in [0.25, 0.3) is 0 Å². The van der Waals surface area contributed by atoms with Gasteiger partial charge in [-0.15, -0.1) is 0 Å². The van der Waals surface area contributed by atoms with Gasteiger partial charge in [-0.1, -0.05) is 17.3 Å². The molecule has 0 saturated carbocycles. The molecule has 0 radical (unpaired) electrons. The first-order chi connectivity index (χ1) is 15.6. The first-order valence-corrected chi connectivity index (χ1v) is 10.1. The molecule has 3 aromatic rings. The van der Waals surface area contributed by atoms with Crippen molar-refractivity contribution >= 4 is 11.6 Å². The number of hydrogen-bond acceptors (Lipinski definition) is 6. The van der Waals surface area contributed by atoms with Crippen molar-refractivity contribution in [2.24, 2.45) is 5.16 Å². The lowest BCUT2D eigenvalue weighted by Gasteiger charge is -2.24. The Labute approximate surface area is 185 Å². The second kappa shape index (κ2) is 9.55. The van der Waals surface area contributed by atoms with E-state index in [-0.39, 0.29) is 36.7 Å². The van der Waals surface area contributed by atoms with E-state index in [1.165, 1.54) is 18.4 Å². The Morgan fingerprint density at radius 1 is 1.12 bits per heavy atom. The average Bonchev–Trinajstić information content (AvgIpc) is 3.50. The van der Waals surface area contributed by atoms with Gasteiger partial charge in [0.05, 0.1) is 32.7 Å². The fourth-order valence-corrected chi connectivity index (χ4v) is 3.59. The highest BCUT2D eigenvalue weighted by Gasteiger charge is 2.28. The van der Waals surface area contributed by atoms with Gasteiger partial charge in [0.2, 0.25) is 0 Å². The molecular weight excluding hydrogens is 415 g/mol. The average molecular weight is 438 g/mol. The summed E-state index contributed by atoms with van der Waals surface area (Å²) in [5, 5.41) is 4.21. The predicted molar refractivity (Wildman–Crippen MR) is 115 cm³/mol. The van der Waals surface area contributed by atoms with Gasteiger partial charge in [0.1, 0.15) is 5.82 Å². The van der Waals surface area contributed by atoms with Crippen molar-refractivity contribution < 1.29 is 27.9 Å². The summed E-state index contributed by atoms with van der Waals surface area (Å²) >= 11 is 0. The number of halogens is 1. The number of benzene rings is 2. The van der Waals surface area contributed by atoms with Gasteiger partial charge in [-0.25, -0.2) is 4.39 Å². The zero-order chi connectivity index (χ0) is 22.5. The van der Waals surface area contributed by atoms with Crippen molar-refractivity contribution in [2.45, 2.75) is 19.1 Å². The maximum atomic E-state index is 13.7. The third-order valence-electron chi connectivity index (χ3n) is 5.16. The smallest absolute Gasteiger partial charge is 0.289 e. The zero-order valence-corrected chi connectivity index (χ0v) is 17.8. The van der Waals surface area contributed by atoms with Crippen molar-refractivity contribution in [1.82, 2.24) is 4.90 Å². The zero-order valence-electron chi connectivity index (χ0n) is 17.8. The molecule has 1 aromatic heterocycles. The van der Waals surface area contributed by atoms with Crippen molar-refractivity contribution in [3.63, 3.8) is 0 Å². The molecule has 1 atom stereocenters. The van der Waals surface area contributed by atoms with Crippen LogP contribution in [-0.2, 0) is 11.4 Å². The topological polar surface area (TPSA) is 73.5 Å². The van der Waals surface area contributed by atoms with Crippen LogP contribution in [-0.4, -0.2) is 43.4 Å². The molecule has 2 aromatic carbocycles. The molecule has 1 amide bonds. The van der Waals surface area contributed by atoms with Gasteiger partial charge in [-0.3, -0.25) is 4.79 Å². The second-order valence-corrected chi connectivity index (χ2v) is 7.33. The van der Waals surface area contributed by atoms with Gasteiger partial charge < -0.3 is 23.6 Å². The number of hydrogen-bond donors (Lipinski definition) is 0. The van der Waals surface area contributed by atoms with Gasteiger partial charge in [0, 0.05) is 18.5 Å². The number of amides is 1. The van der Waals surface area contributed by atoms with Gasteiger partial charge in [0.15, 0.2) is 23.4 Å². The number of nitrogens with zero attached hydrogens (tertiary/aromatic N) is 2. The molecule has 0 aliphatic carbocycles. The predicted octanol–water partition coefficient (Wildman–Crippen LogP) is 4.27. The van der Waals surface area contributed by atoms with Crippen molar-refractivity contribution in [1.29, 1.82) is 0 Å². The van der Waals surface area contributed by atoms with Crippen LogP contribution in [0.15, 0.2) is 70.4 Å². The molecule has 1 aliphatic heterocycles. The summed E-state index contributed by atoms with van der Waals surface area (Å²) in [6.45, 7) is 0.471. The highest BCUT2D eigenvalue weighted by Crippen LogP contribution is 2.30. The molecule has 166 valence electrons. The van der Waals surface area contributed by atoms with E-state index in [9.17, 15) is 9.18 Å². The number of rotatable bonds is 8. The summed E-state index contributed by atoms with van der Waals surface area (Å²) in [5.41, 5.74) is 2.26. The maximum Gasteiger partial charge on any atom is 0.289 e. The van der Waals surface area contributed by atoms with Crippen LogP contribution in [0.4, 0.5) is 4.39 Å². The number of carbonyl (C=O) groups is 1. The number of carbonyl (C=O) groups excluding carboxylic acids is 1. The Morgan fingerprint density at radius 2 is 1.97 bits per heavy atom. The van der Waals surface area contributed by atoms with Crippen molar-refractivity contribution in [3.8, 4) is 11.5 Å². The van der Waals surface area contributed by atoms with E-state index < -0.39 is 0 Å². The van der Waals surface area contributed by atoms with Gasteiger partial charge in [-0.2, -0.15) is 0 Å². The minimum absolute atomic E-state index is 0.209. The lowest BCUT2D eigenvalue weighted by atomic mass is 10.0. The monoisotopic (exact) mass is 438 g/mol. The molecule has 1 unspecified atom stereocenters. The van der Waals surface area contributed by atoms with Crippen LogP contribution in [0.3, 0.4) is 0 Å². The Kier molecular flexibility index (Phi) is 6.39. The fraction of sp³-hybridized carbons (Fsp3) is 0.250. The molecule has 32 heavy (non-hydrogen) atoms. The Morgan fingerprint density at radius 3 is 2.69 bits per heavy atom. The van der Waals surface area contributed by atoms with E-state index in [0.29, 0.717) is 23.5 Å². The van der Waals surface area contributed by atoms with Crippen LogP contribution >= 0.6 is 0 Å². The summed E-state index contributed by atoms with van der Waals surface area (Å²) in [4.78, 5) is 20.2. The van der Waals surface area contributed by atoms with Crippen LogP contribution in [0.2, 0.25) is 0 Å². The van der Waals surface area contributed by atoms with Gasteiger partial charge in [-0.05, 0) is 48.0 Å². The van der Waals surface area contributed by atoms with E-state index in [1.807, 2.05) is 12.1 Å². The van der Waals surface area contributed by atoms with Crippen LogP contribution < -0.4 is 9.47 Å². The van der Waals surface area contributed by atoms with E-state index in [1.54, 1.807) is 49.5 Å². The molecule has 0 N–H and O–H groups in total. The molecule has 0 spiro atoms. The summed E-state index contributed by atoms with van der Waals surface area (Å²) in [6.07, 6.45) is 1.59. The molecule has 1 aliphatic rings. The van der Waals surface area contributed by atoms with Gasteiger partial charge in [0.25, 0.3) is 5.91 Å². The van der Waals surface area contributed by atoms with Crippen molar-refractivity contribution in [3.05, 3.63) is 83.6 Å². The van der Waals surface area contributed by atoms with Crippen LogP contribution in [0, 0.1) is 5.82 Å². The largest absolute Gasteiger partial charge is 0.493 e. The summed E-state index contributed by atoms with van der Waals surface area (Å²) in [7, 11) is 3.15. The second-order valence-electron chi connectivity index (χ2n) is 7.33. The molecule has 8 heteroatoms. The molecule has 0 fully saturated rings. The first kappa shape index (κ1) is 21.4. The summed E-state index contributed by atoms with van der Waals surface area (Å²) in [6, 6.07) is 14.9. The molecule has 0 bridgehead atoms. The van der Waals surface area contributed by atoms with E-state index in [2.05, 4.69) is 5.16 Å². The molecule has 4 rings (SSSR count). The van der Waals surface area contributed by atoms with Crippen LogP contribution in [0.1, 0.15) is 28.1 Å². The SMILES string of the molecule is COc1ccc(C2=NOC(CN(Cc3cccc(F)c3)C(=O)c3ccco3)C2)cc1OC. The van der Waals surface area contributed by atoms with Crippen molar-refractivity contribution in [2.75, 3.05) is 20.8 Å². The van der Waals surface area contributed by atoms with Gasteiger partial charge >= 0.3 is 0 Å². The summed E-state index contributed by atoms with van der Waals surface area (Å²) < 4.78 is 29.6. The molecular formula is C24H23FN2O5. The lowest BCUT2D eigenvalue weighted by molar-refractivity contribution is 0.0387. The highest BCUT2D eigenvalue weighted by atomic mass is 19.1. The fourth-order valence-electron chi connectivity index (χ4n) is 3.59. The molecule has 7 nitrogen and oxygen atoms in total. The number of methoxy groups -OCH3 is 2. The number of oxime groups is 1. The van der Waals surface area contributed by atoms with E-state index in [0.717, 1.165) is 11.3 Å². The highest BCUT2D eigenvalue weighted by molar-refractivity contribution is 6.01. The van der Waals surface area contributed by atoms with E-state index in [4.69, 9.17) is 18.7 Å². The van der Waals surface area contributed by atoms with Crippen LogP contribution in [0.5, 0.6) is 11.5 Å². The quantitative estimate of drug-likeness (QED) is 0.525. The summed E-state index contributed by atoms with van der Waals surface area (Å²) in [5.74, 6) is 0.765. The lowest BCUT2D eigenvalue weighted by Crippen LogP contribution is -2.37. The third-order valence-corrected chi connectivity index (χ3v) is 5.16. The minimum atomic E-state index is -0.357. The maximum absolute atomic E-state index is 13.7. The molecule has 2 heterocycles. The normalized spacial score (nSPS) is 15.1.